The maximum absolute atomic E-state index is 12.9. The van der Waals surface area contributed by atoms with Gasteiger partial charge < -0.3 is 20.4 Å². The zero-order chi connectivity index (χ0) is 20.5. The molecule has 3 aromatic rings. The maximum atomic E-state index is 12.9. The first kappa shape index (κ1) is 23.4. The molecule has 0 fully saturated rings. The number of hydrogen-bond acceptors (Lipinski definition) is 3. The largest absolute Gasteiger partial charge is 0.459 e. The summed E-state index contributed by atoms with van der Waals surface area (Å²) >= 11 is 0. The summed E-state index contributed by atoms with van der Waals surface area (Å²) in [4.78, 5) is 16.2. The lowest BCUT2D eigenvalue weighted by atomic mass is 10.1. The molecule has 0 aliphatic carbocycles. The molecule has 0 saturated carbocycles. The van der Waals surface area contributed by atoms with Crippen molar-refractivity contribution < 1.29 is 13.6 Å². The highest BCUT2D eigenvalue weighted by Gasteiger charge is 2.08. The van der Waals surface area contributed by atoms with Crippen molar-refractivity contribution in [3.63, 3.8) is 0 Å². The van der Waals surface area contributed by atoms with E-state index in [0.29, 0.717) is 24.7 Å². The van der Waals surface area contributed by atoms with Crippen molar-refractivity contribution in [2.75, 3.05) is 18.9 Å². The standard InChI is InChI=1S/C22H23FN4O2.HI/c1-24-22(25-13-12-16-4-8-18(23)9-5-16)26-15-17-6-10-19(11-7-17)27-21(28)20-3-2-14-29-20;/h2-11,14H,12-13,15H2,1H3,(H,27,28)(H2,24,25,26);1H. The lowest BCUT2D eigenvalue weighted by molar-refractivity contribution is 0.0996. The maximum Gasteiger partial charge on any atom is 0.291 e. The third-order valence-electron chi connectivity index (χ3n) is 4.26. The number of halogens is 2. The molecule has 0 aliphatic rings. The van der Waals surface area contributed by atoms with E-state index in [0.717, 1.165) is 17.5 Å². The highest BCUT2D eigenvalue weighted by molar-refractivity contribution is 14.0. The van der Waals surface area contributed by atoms with Crippen LogP contribution in [-0.4, -0.2) is 25.5 Å². The van der Waals surface area contributed by atoms with Crippen LogP contribution in [0.3, 0.4) is 0 Å². The average molecular weight is 522 g/mol. The lowest BCUT2D eigenvalue weighted by Crippen LogP contribution is -2.37. The topological polar surface area (TPSA) is 78.7 Å². The van der Waals surface area contributed by atoms with Crippen molar-refractivity contribution >= 4 is 41.5 Å². The minimum Gasteiger partial charge on any atom is -0.459 e. The number of furan rings is 1. The van der Waals surface area contributed by atoms with Crippen LogP contribution in [0.2, 0.25) is 0 Å². The van der Waals surface area contributed by atoms with Crippen LogP contribution in [0, 0.1) is 5.82 Å². The van der Waals surface area contributed by atoms with Crippen molar-refractivity contribution in [3.8, 4) is 0 Å². The fraction of sp³-hybridized carbons (Fsp3) is 0.182. The monoisotopic (exact) mass is 522 g/mol. The van der Waals surface area contributed by atoms with Crippen LogP contribution in [0.1, 0.15) is 21.7 Å². The van der Waals surface area contributed by atoms with Gasteiger partial charge in [-0.1, -0.05) is 24.3 Å². The Morgan fingerprint density at radius 1 is 1.00 bits per heavy atom. The van der Waals surface area contributed by atoms with E-state index in [1.807, 2.05) is 24.3 Å². The van der Waals surface area contributed by atoms with Gasteiger partial charge in [0.25, 0.3) is 5.91 Å². The zero-order valence-corrected chi connectivity index (χ0v) is 18.9. The molecule has 1 heterocycles. The van der Waals surface area contributed by atoms with Crippen LogP contribution in [0.15, 0.2) is 76.3 Å². The molecular weight excluding hydrogens is 498 g/mol. The Hall–Kier alpha value is -2.88. The van der Waals surface area contributed by atoms with Crippen molar-refractivity contribution in [2.45, 2.75) is 13.0 Å². The lowest BCUT2D eigenvalue weighted by Gasteiger charge is -2.12. The van der Waals surface area contributed by atoms with E-state index >= 15 is 0 Å². The van der Waals surface area contributed by atoms with Crippen LogP contribution in [-0.2, 0) is 13.0 Å². The molecule has 0 unspecified atom stereocenters. The van der Waals surface area contributed by atoms with Gasteiger partial charge in [-0.3, -0.25) is 9.79 Å². The molecule has 0 bridgehead atoms. The minimum absolute atomic E-state index is 0. The van der Waals surface area contributed by atoms with Gasteiger partial charge in [-0.05, 0) is 53.9 Å². The van der Waals surface area contributed by atoms with Gasteiger partial charge in [0.05, 0.1) is 6.26 Å². The highest BCUT2D eigenvalue weighted by atomic mass is 127. The van der Waals surface area contributed by atoms with Crippen LogP contribution < -0.4 is 16.0 Å². The molecule has 0 saturated heterocycles. The van der Waals surface area contributed by atoms with Crippen molar-refractivity contribution in [2.24, 2.45) is 4.99 Å². The molecule has 158 valence electrons. The second kappa shape index (κ2) is 12.0. The Morgan fingerprint density at radius 2 is 1.70 bits per heavy atom. The number of rotatable bonds is 7. The number of aliphatic imine (C=N–C) groups is 1. The van der Waals surface area contributed by atoms with Gasteiger partial charge >= 0.3 is 0 Å². The molecule has 6 nitrogen and oxygen atoms in total. The molecule has 0 spiro atoms. The smallest absolute Gasteiger partial charge is 0.291 e. The SMILES string of the molecule is CN=C(NCCc1ccc(F)cc1)NCc1ccc(NC(=O)c2ccco2)cc1.I. The first-order valence-electron chi connectivity index (χ1n) is 9.27. The van der Waals surface area contributed by atoms with Crippen molar-refractivity contribution in [1.82, 2.24) is 10.6 Å². The summed E-state index contributed by atoms with van der Waals surface area (Å²) in [7, 11) is 1.71. The summed E-state index contributed by atoms with van der Waals surface area (Å²) in [5.74, 6) is 0.436. The Kier molecular flexibility index (Phi) is 9.33. The Morgan fingerprint density at radius 3 is 2.33 bits per heavy atom. The number of guanidine groups is 1. The van der Waals surface area contributed by atoms with Gasteiger partial charge in [0.1, 0.15) is 5.82 Å². The van der Waals surface area contributed by atoms with E-state index in [2.05, 4.69) is 20.9 Å². The number of anilines is 1. The summed E-state index contributed by atoms with van der Waals surface area (Å²) in [6.07, 6.45) is 2.23. The van der Waals surface area contributed by atoms with E-state index in [-0.39, 0.29) is 41.5 Å². The summed E-state index contributed by atoms with van der Waals surface area (Å²) in [6, 6.07) is 17.3. The Bertz CT molecular complexity index is 942. The molecule has 0 radical (unpaired) electrons. The second-order valence-corrected chi connectivity index (χ2v) is 6.36. The molecule has 3 N–H and O–H groups in total. The van der Waals surface area contributed by atoms with Crippen LogP contribution in [0.5, 0.6) is 0 Å². The van der Waals surface area contributed by atoms with Crippen molar-refractivity contribution in [3.05, 3.63) is 89.6 Å². The molecule has 0 atom stereocenters. The van der Waals surface area contributed by atoms with Crippen LogP contribution in [0.25, 0.3) is 0 Å². The number of nitrogens with one attached hydrogen (secondary N) is 3. The molecule has 1 aromatic heterocycles. The third kappa shape index (κ3) is 7.18. The Balaban J connectivity index is 0.00000320. The predicted octanol–water partition coefficient (Wildman–Crippen LogP) is 4.20. The molecular formula is C22H24FIN4O2. The fourth-order valence-corrected chi connectivity index (χ4v) is 2.69. The zero-order valence-electron chi connectivity index (χ0n) is 16.5. The first-order valence-corrected chi connectivity index (χ1v) is 9.27. The van der Waals surface area contributed by atoms with Crippen LogP contribution >= 0.6 is 24.0 Å². The average Bonchev–Trinajstić information content (AvgIpc) is 3.28. The van der Waals surface area contributed by atoms with E-state index < -0.39 is 0 Å². The third-order valence-corrected chi connectivity index (χ3v) is 4.26. The van der Waals surface area contributed by atoms with Gasteiger partial charge in [-0.2, -0.15) is 0 Å². The quantitative estimate of drug-likeness (QED) is 0.247. The summed E-state index contributed by atoms with van der Waals surface area (Å²) < 4.78 is 18.0. The summed E-state index contributed by atoms with van der Waals surface area (Å²) in [6.45, 7) is 1.27. The van der Waals surface area contributed by atoms with Crippen LogP contribution in [0.4, 0.5) is 10.1 Å². The number of hydrogen-bond donors (Lipinski definition) is 3. The van der Waals surface area contributed by atoms with E-state index in [1.165, 1.54) is 18.4 Å². The van der Waals surface area contributed by atoms with Gasteiger partial charge in [-0.15, -0.1) is 24.0 Å². The second-order valence-electron chi connectivity index (χ2n) is 6.36. The van der Waals surface area contributed by atoms with Gasteiger partial charge in [0, 0.05) is 25.8 Å². The summed E-state index contributed by atoms with van der Waals surface area (Å²) in [5, 5.41) is 9.26. The fourth-order valence-electron chi connectivity index (χ4n) is 2.69. The molecule has 30 heavy (non-hydrogen) atoms. The van der Waals surface area contributed by atoms with Gasteiger partial charge in [-0.25, -0.2) is 4.39 Å². The predicted molar refractivity (Wildman–Crippen MR) is 127 cm³/mol. The van der Waals surface area contributed by atoms with E-state index in [9.17, 15) is 9.18 Å². The number of amides is 1. The molecule has 8 heteroatoms. The number of nitrogens with zero attached hydrogens (tertiary/aromatic N) is 1. The van der Waals surface area contributed by atoms with Gasteiger partial charge in [0.2, 0.25) is 0 Å². The summed E-state index contributed by atoms with van der Waals surface area (Å²) in [5.41, 5.74) is 2.79. The molecule has 0 aliphatic heterocycles. The minimum atomic E-state index is -0.286. The number of carbonyl (C=O) groups excluding carboxylic acids is 1. The first-order chi connectivity index (χ1) is 14.1. The normalized spacial score (nSPS) is 10.8. The number of carbonyl (C=O) groups is 1. The van der Waals surface area contributed by atoms with E-state index in [1.54, 1.807) is 31.3 Å². The van der Waals surface area contributed by atoms with Gasteiger partial charge in [0.15, 0.2) is 11.7 Å². The highest BCUT2D eigenvalue weighted by Crippen LogP contribution is 2.12. The number of benzene rings is 2. The van der Waals surface area contributed by atoms with E-state index in [4.69, 9.17) is 4.42 Å². The van der Waals surface area contributed by atoms with Crippen molar-refractivity contribution in [1.29, 1.82) is 0 Å². The molecule has 3 rings (SSSR count). The molecule has 1 amide bonds. The molecule has 2 aromatic carbocycles. The Labute approximate surface area is 192 Å².